The zero-order chi connectivity index (χ0) is 11.4. The first-order chi connectivity index (χ1) is 7.00. The molecule has 0 aromatic heterocycles. The monoisotopic (exact) mass is 207 g/mol. The highest BCUT2D eigenvalue weighted by atomic mass is 16.2. The molecule has 0 radical (unpaired) electrons. The van der Waals surface area contributed by atoms with Crippen LogP contribution in [0, 0.1) is 0 Å². The minimum absolute atomic E-state index is 0.367. The molecule has 1 aromatic carbocycles. The van der Waals surface area contributed by atoms with E-state index in [-0.39, 0.29) is 5.91 Å². The standard InChI is InChI=1S/C10H13N3O2/c1-6(9(12)14)13-10(15)7-3-2-4-8(11)5-7/h2-6H,11H2,1H3,(H2,12,14)(H,13,15)/t6-/m1/s1. The Balaban J connectivity index is 2.73. The largest absolute Gasteiger partial charge is 0.399 e. The number of hydrogen-bond donors (Lipinski definition) is 3. The van der Waals surface area contributed by atoms with Gasteiger partial charge in [-0.3, -0.25) is 9.59 Å². The van der Waals surface area contributed by atoms with Crippen LogP contribution in [0.1, 0.15) is 17.3 Å². The summed E-state index contributed by atoms with van der Waals surface area (Å²) in [4.78, 5) is 22.3. The summed E-state index contributed by atoms with van der Waals surface area (Å²) in [5, 5.41) is 2.45. The second-order valence-electron chi connectivity index (χ2n) is 3.22. The first-order valence-electron chi connectivity index (χ1n) is 4.46. The molecule has 1 aromatic rings. The number of carbonyl (C=O) groups is 2. The van der Waals surface area contributed by atoms with Crippen molar-refractivity contribution < 1.29 is 9.59 Å². The van der Waals surface area contributed by atoms with Crippen molar-refractivity contribution in [3.63, 3.8) is 0 Å². The molecule has 0 saturated heterocycles. The summed E-state index contributed by atoms with van der Waals surface area (Å²) in [6.07, 6.45) is 0. The fourth-order valence-electron chi connectivity index (χ4n) is 1.03. The van der Waals surface area contributed by atoms with Gasteiger partial charge in [0.25, 0.3) is 5.91 Å². The Morgan fingerprint density at radius 3 is 2.60 bits per heavy atom. The molecular weight excluding hydrogens is 194 g/mol. The third kappa shape index (κ3) is 2.98. The molecule has 5 N–H and O–H groups in total. The molecule has 0 bridgehead atoms. The van der Waals surface area contributed by atoms with Crippen molar-refractivity contribution in [2.75, 3.05) is 5.73 Å². The normalized spacial score (nSPS) is 11.8. The van der Waals surface area contributed by atoms with Crippen molar-refractivity contribution in [2.24, 2.45) is 5.73 Å². The third-order valence-corrected chi connectivity index (χ3v) is 1.92. The highest BCUT2D eigenvalue weighted by molar-refractivity contribution is 5.97. The van der Waals surface area contributed by atoms with Gasteiger partial charge in [-0.25, -0.2) is 0 Å². The average Bonchev–Trinajstić information content (AvgIpc) is 2.17. The number of primary amides is 1. The third-order valence-electron chi connectivity index (χ3n) is 1.92. The van der Waals surface area contributed by atoms with Gasteiger partial charge in [-0.1, -0.05) is 6.07 Å². The van der Waals surface area contributed by atoms with Crippen molar-refractivity contribution >= 4 is 17.5 Å². The number of nitrogen functional groups attached to an aromatic ring is 1. The fourth-order valence-corrected chi connectivity index (χ4v) is 1.03. The molecule has 2 amide bonds. The molecule has 5 nitrogen and oxygen atoms in total. The minimum atomic E-state index is -0.695. The molecule has 0 unspecified atom stereocenters. The van der Waals surface area contributed by atoms with Gasteiger partial charge >= 0.3 is 0 Å². The maximum absolute atomic E-state index is 11.5. The summed E-state index contributed by atoms with van der Waals surface area (Å²) in [6.45, 7) is 1.52. The average molecular weight is 207 g/mol. The van der Waals surface area contributed by atoms with Gasteiger partial charge in [0.1, 0.15) is 6.04 Å². The van der Waals surface area contributed by atoms with Crippen molar-refractivity contribution in [3.8, 4) is 0 Å². The predicted octanol–water partition coefficient (Wildman–Crippen LogP) is -0.128. The second kappa shape index (κ2) is 4.45. The summed E-state index contributed by atoms with van der Waals surface area (Å²) >= 11 is 0. The summed E-state index contributed by atoms with van der Waals surface area (Å²) in [5.74, 6) is -0.944. The van der Waals surface area contributed by atoms with Crippen LogP contribution in [0.4, 0.5) is 5.69 Å². The van der Waals surface area contributed by atoms with E-state index >= 15 is 0 Å². The Labute approximate surface area is 87.4 Å². The van der Waals surface area contributed by atoms with E-state index in [0.29, 0.717) is 11.3 Å². The summed E-state index contributed by atoms with van der Waals surface area (Å²) in [5.41, 5.74) is 11.4. The SMILES string of the molecule is C[C@@H](NC(=O)c1cccc(N)c1)C(N)=O. The maximum Gasteiger partial charge on any atom is 0.251 e. The summed E-state index contributed by atoms with van der Waals surface area (Å²) in [7, 11) is 0. The van der Waals surface area contributed by atoms with Gasteiger partial charge in [0.2, 0.25) is 5.91 Å². The van der Waals surface area contributed by atoms with Gasteiger partial charge in [0.05, 0.1) is 0 Å². The van der Waals surface area contributed by atoms with E-state index in [4.69, 9.17) is 11.5 Å². The predicted molar refractivity (Wildman–Crippen MR) is 57.0 cm³/mol. The number of carbonyl (C=O) groups excluding carboxylic acids is 2. The molecule has 0 fully saturated rings. The summed E-state index contributed by atoms with van der Waals surface area (Å²) < 4.78 is 0. The Bertz CT molecular complexity index is 390. The number of nitrogens with two attached hydrogens (primary N) is 2. The van der Waals surface area contributed by atoms with Gasteiger partial charge in [-0.2, -0.15) is 0 Å². The van der Waals surface area contributed by atoms with Gasteiger partial charge in [0, 0.05) is 11.3 Å². The maximum atomic E-state index is 11.5. The molecule has 1 rings (SSSR count). The quantitative estimate of drug-likeness (QED) is 0.602. The van der Waals surface area contributed by atoms with Gasteiger partial charge in [-0.05, 0) is 25.1 Å². The van der Waals surface area contributed by atoms with Crippen LogP contribution in [0.5, 0.6) is 0 Å². The lowest BCUT2D eigenvalue weighted by Gasteiger charge is -2.10. The van der Waals surface area contributed by atoms with Crippen molar-refractivity contribution in [3.05, 3.63) is 29.8 Å². The van der Waals surface area contributed by atoms with Crippen LogP contribution in [-0.2, 0) is 4.79 Å². The van der Waals surface area contributed by atoms with E-state index in [1.54, 1.807) is 18.2 Å². The zero-order valence-electron chi connectivity index (χ0n) is 8.36. The number of amides is 2. The van der Waals surface area contributed by atoms with Gasteiger partial charge in [0.15, 0.2) is 0 Å². The van der Waals surface area contributed by atoms with Crippen LogP contribution in [0.3, 0.4) is 0 Å². The van der Waals surface area contributed by atoms with Crippen molar-refractivity contribution in [2.45, 2.75) is 13.0 Å². The molecule has 1 atom stereocenters. The number of rotatable bonds is 3. The molecule has 0 aliphatic rings. The van der Waals surface area contributed by atoms with E-state index in [2.05, 4.69) is 5.32 Å². The van der Waals surface area contributed by atoms with Crippen LogP contribution in [0.2, 0.25) is 0 Å². The van der Waals surface area contributed by atoms with Crippen molar-refractivity contribution in [1.29, 1.82) is 0 Å². The molecule has 15 heavy (non-hydrogen) atoms. The van der Waals surface area contributed by atoms with Gasteiger partial charge in [-0.15, -0.1) is 0 Å². The van der Waals surface area contributed by atoms with E-state index in [1.165, 1.54) is 13.0 Å². The first-order valence-corrected chi connectivity index (χ1v) is 4.46. The zero-order valence-corrected chi connectivity index (χ0v) is 8.36. The molecule has 0 spiro atoms. The molecule has 0 heterocycles. The fraction of sp³-hybridized carbons (Fsp3) is 0.200. The molecule has 0 aliphatic heterocycles. The van der Waals surface area contributed by atoms with E-state index in [1.807, 2.05) is 0 Å². The topological polar surface area (TPSA) is 98.2 Å². The lowest BCUT2D eigenvalue weighted by atomic mass is 10.2. The lowest BCUT2D eigenvalue weighted by molar-refractivity contribution is -0.119. The van der Waals surface area contributed by atoms with Crippen LogP contribution in [0.15, 0.2) is 24.3 Å². The van der Waals surface area contributed by atoms with Gasteiger partial charge < -0.3 is 16.8 Å². The lowest BCUT2D eigenvalue weighted by Crippen LogP contribution is -2.42. The highest BCUT2D eigenvalue weighted by Gasteiger charge is 2.13. The first kappa shape index (κ1) is 11.0. The Hall–Kier alpha value is -2.04. The molecule has 5 heteroatoms. The summed E-state index contributed by atoms with van der Waals surface area (Å²) in [6, 6.07) is 5.79. The number of hydrogen-bond acceptors (Lipinski definition) is 3. The molecular formula is C10H13N3O2. The second-order valence-corrected chi connectivity index (χ2v) is 3.22. The Kier molecular flexibility index (Phi) is 3.28. The van der Waals surface area contributed by atoms with E-state index in [0.717, 1.165) is 0 Å². The minimum Gasteiger partial charge on any atom is -0.399 e. The Morgan fingerprint density at radius 1 is 1.40 bits per heavy atom. The molecule has 0 aliphatic carbocycles. The van der Waals surface area contributed by atoms with Crippen molar-refractivity contribution in [1.82, 2.24) is 5.32 Å². The van der Waals surface area contributed by atoms with E-state index in [9.17, 15) is 9.59 Å². The molecule has 80 valence electrons. The van der Waals surface area contributed by atoms with Crippen LogP contribution >= 0.6 is 0 Å². The van der Waals surface area contributed by atoms with Crippen LogP contribution in [0.25, 0.3) is 0 Å². The molecule has 0 saturated carbocycles. The number of benzene rings is 1. The highest BCUT2D eigenvalue weighted by Crippen LogP contribution is 2.06. The van der Waals surface area contributed by atoms with Crippen LogP contribution < -0.4 is 16.8 Å². The smallest absolute Gasteiger partial charge is 0.251 e. The number of nitrogens with one attached hydrogen (secondary N) is 1. The Morgan fingerprint density at radius 2 is 2.07 bits per heavy atom. The van der Waals surface area contributed by atoms with E-state index < -0.39 is 11.9 Å². The van der Waals surface area contributed by atoms with Crippen LogP contribution in [-0.4, -0.2) is 17.9 Å². The number of anilines is 1.